The van der Waals surface area contributed by atoms with Gasteiger partial charge in [0.05, 0.1) is 6.54 Å². The highest BCUT2D eigenvalue weighted by Crippen LogP contribution is 2.31. The van der Waals surface area contributed by atoms with E-state index in [0.717, 1.165) is 30.5 Å². The number of carbonyl (C=O) groups excluding carboxylic acids is 1. The number of allylic oxidation sites excluding steroid dienone is 4. The van der Waals surface area contributed by atoms with Crippen LogP contribution in [0.15, 0.2) is 55.1 Å². The molecule has 0 aliphatic carbocycles. The van der Waals surface area contributed by atoms with Crippen LogP contribution < -0.4 is 0 Å². The zero-order valence-electron chi connectivity index (χ0n) is 22.2. The molecule has 4 nitrogen and oxygen atoms in total. The fraction of sp³-hybridized carbons (Fsp3) is 0.581. The van der Waals surface area contributed by atoms with Gasteiger partial charge in [0.25, 0.3) is 5.91 Å². The maximum absolute atomic E-state index is 12.7. The van der Waals surface area contributed by atoms with Gasteiger partial charge in [-0.15, -0.1) is 0 Å². The van der Waals surface area contributed by atoms with E-state index in [4.69, 9.17) is 9.47 Å². The first-order valence-electron chi connectivity index (χ1n) is 13.8. The minimum absolute atomic E-state index is 0.0207. The molecule has 194 valence electrons. The third-order valence-electron chi connectivity index (χ3n) is 6.37. The predicted molar refractivity (Wildman–Crippen MR) is 147 cm³/mol. The molecule has 0 radical (unpaired) electrons. The van der Waals surface area contributed by atoms with Gasteiger partial charge in [0.1, 0.15) is 0 Å². The van der Waals surface area contributed by atoms with E-state index in [0.29, 0.717) is 25.3 Å². The van der Waals surface area contributed by atoms with Crippen LogP contribution in [-0.4, -0.2) is 36.9 Å². The van der Waals surface area contributed by atoms with Crippen LogP contribution in [-0.2, 0) is 9.47 Å². The largest absolute Gasteiger partial charge is 0.351 e. The van der Waals surface area contributed by atoms with Gasteiger partial charge in [-0.1, -0.05) is 94.5 Å². The lowest BCUT2D eigenvalue weighted by Gasteiger charge is -2.24. The van der Waals surface area contributed by atoms with Crippen LogP contribution in [0.5, 0.6) is 0 Å². The van der Waals surface area contributed by atoms with E-state index >= 15 is 0 Å². The van der Waals surface area contributed by atoms with Crippen molar-refractivity contribution < 1.29 is 14.3 Å². The molecule has 1 aliphatic rings. The Morgan fingerprint density at radius 2 is 1.46 bits per heavy atom. The first kappa shape index (κ1) is 29.1. The molecule has 1 unspecified atom stereocenters. The average Bonchev–Trinajstić information content (AvgIpc) is 3.11. The number of hydrogen-bond acceptors (Lipinski definition) is 3. The number of ether oxygens (including phenoxy) is 2. The molecule has 1 amide bonds. The van der Waals surface area contributed by atoms with E-state index < -0.39 is 6.29 Å². The van der Waals surface area contributed by atoms with Crippen molar-refractivity contribution in [2.45, 2.75) is 97.2 Å². The molecule has 0 saturated heterocycles. The van der Waals surface area contributed by atoms with Crippen molar-refractivity contribution in [2.75, 3.05) is 19.8 Å². The van der Waals surface area contributed by atoms with Crippen LogP contribution in [0.1, 0.15) is 107 Å². The summed E-state index contributed by atoms with van der Waals surface area (Å²) in [6.07, 6.45) is 23.5. The highest BCUT2D eigenvalue weighted by atomic mass is 16.7. The van der Waals surface area contributed by atoms with Crippen molar-refractivity contribution in [3.63, 3.8) is 0 Å². The maximum Gasteiger partial charge on any atom is 0.259 e. The van der Waals surface area contributed by atoms with Gasteiger partial charge in [-0.05, 0) is 51.5 Å². The van der Waals surface area contributed by atoms with Crippen molar-refractivity contribution in [3.8, 4) is 0 Å². The average molecular weight is 482 g/mol. The van der Waals surface area contributed by atoms with Gasteiger partial charge in [0.15, 0.2) is 6.29 Å². The third kappa shape index (κ3) is 11.0. The molecule has 4 heteroatoms. The monoisotopic (exact) mass is 481 g/mol. The summed E-state index contributed by atoms with van der Waals surface area (Å²) >= 11 is 0. The highest BCUT2D eigenvalue weighted by molar-refractivity contribution is 6.08. The number of unbranched alkanes of at least 4 members (excludes halogenated alkanes) is 9. The molecule has 35 heavy (non-hydrogen) atoms. The summed E-state index contributed by atoms with van der Waals surface area (Å²) < 4.78 is 11.7. The zero-order valence-corrected chi connectivity index (χ0v) is 22.2. The van der Waals surface area contributed by atoms with Gasteiger partial charge in [-0.2, -0.15) is 0 Å². The van der Waals surface area contributed by atoms with E-state index in [1.807, 2.05) is 31.2 Å². The summed E-state index contributed by atoms with van der Waals surface area (Å²) in [6, 6.07) is 7.61. The summed E-state index contributed by atoms with van der Waals surface area (Å²) in [5, 5.41) is 0. The molecular formula is C31H47NO3. The van der Waals surface area contributed by atoms with Crippen LogP contribution >= 0.6 is 0 Å². The van der Waals surface area contributed by atoms with Crippen LogP contribution in [0, 0.1) is 0 Å². The van der Waals surface area contributed by atoms with Crippen molar-refractivity contribution in [2.24, 2.45) is 0 Å². The number of amides is 1. The Kier molecular flexibility index (Phi) is 15.1. The second-order valence-electron chi connectivity index (χ2n) is 9.25. The second kappa shape index (κ2) is 18.1. The Morgan fingerprint density at radius 1 is 0.829 bits per heavy atom. The van der Waals surface area contributed by atoms with Crippen molar-refractivity contribution in [3.05, 3.63) is 66.3 Å². The van der Waals surface area contributed by atoms with Crippen molar-refractivity contribution in [1.29, 1.82) is 0 Å². The Labute approximate surface area is 214 Å². The zero-order chi connectivity index (χ0) is 25.1. The summed E-state index contributed by atoms with van der Waals surface area (Å²) in [6.45, 7) is 9.89. The van der Waals surface area contributed by atoms with Crippen molar-refractivity contribution >= 4 is 11.6 Å². The summed E-state index contributed by atoms with van der Waals surface area (Å²) in [4.78, 5) is 14.4. The number of nitrogens with zero attached hydrogens (tertiary/aromatic N) is 1. The second-order valence-corrected chi connectivity index (χ2v) is 9.25. The first-order chi connectivity index (χ1) is 17.2. The molecule has 1 aromatic rings. The topological polar surface area (TPSA) is 38.8 Å². The Balaban J connectivity index is 1.50. The smallest absolute Gasteiger partial charge is 0.259 e. The first-order valence-corrected chi connectivity index (χ1v) is 13.8. The molecule has 0 fully saturated rings. The predicted octanol–water partition coefficient (Wildman–Crippen LogP) is 8.31. The molecular weight excluding hydrogens is 434 g/mol. The van der Waals surface area contributed by atoms with Gasteiger partial charge in [0, 0.05) is 30.0 Å². The molecule has 1 aromatic carbocycles. The molecule has 1 aliphatic heterocycles. The lowest BCUT2D eigenvalue weighted by Crippen LogP contribution is -2.35. The quantitative estimate of drug-likeness (QED) is 0.107. The van der Waals surface area contributed by atoms with Crippen molar-refractivity contribution in [1.82, 2.24) is 4.90 Å². The number of carbonyl (C=O) groups is 1. The number of benzene rings is 1. The Bertz CT molecular complexity index is 763. The van der Waals surface area contributed by atoms with E-state index in [1.165, 1.54) is 57.8 Å². The minimum atomic E-state index is -0.423. The number of rotatable bonds is 20. The molecule has 1 heterocycles. The van der Waals surface area contributed by atoms with Crippen LogP contribution in [0.4, 0.5) is 0 Å². The molecule has 0 saturated carbocycles. The van der Waals surface area contributed by atoms with Crippen LogP contribution in [0.3, 0.4) is 0 Å². The molecule has 0 bridgehead atoms. The molecule has 1 atom stereocenters. The summed E-state index contributed by atoms with van der Waals surface area (Å²) in [5.74, 6) is -0.0207. The van der Waals surface area contributed by atoms with Gasteiger partial charge >= 0.3 is 0 Å². The van der Waals surface area contributed by atoms with E-state index in [2.05, 4.69) is 37.8 Å². The normalized spacial score (nSPS) is 14.5. The van der Waals surface area contributed by atoms with Gasteiger partial charge in [-0.25, -0.2) is 0 Å². The molecule has 0 aromatic heterocycles. The lowest BCUT2D eigenvalue weighted by molar-refractivity contribution is -0.143. The van der Waals surface area contributed by atoms with Gasteiger partial charge in [-0.3, -0.25) is 4.79 Å². The molecule has 2 rings (SSSR count). The lowest BCUT2D eigenvalue weighted by atomic mass is 10.1. The summed E-state index contributed by atoms with van der Waals surface area (Å²) in [7, 11) is 0. The fourth-order valence-corrected chi connectivity index (χ4v) is 4.32. The highest BCUT2D eigenvalue weighted by Gasteiger charge is 2.32. The molecule has 0 spiro atoms. The van der Waals surface area contributed by atoms with Crippen LogP contribution in [0.2, 0.25) is 0 Å². The standard InChI is InChI=1S/C31H47NO3/c1-4-6-7-8-9-10-11-12-13-14-15-16-17-18-19-22-25-35-30(34-5-2)26-32-27(3)28-23-20-21-24-29(28)31(32)33/h9-10,12-13,20-21,23-24,30H,3-8,11,14-19,22,25-26H2,1-2H3/b10-9-,13-12-. The van der Waals surface area contributed by atoms with Crippen LogP contribution in [0.25, 0.3) is 5.70 Å². The Hall–Kier alpha value is -2.17. The van der Waals surface area contributed by atoms with E-state index in [1.54, 1.807) is 4.90 Å². The Morgan fingerprint density at radius 3 is 2.11 bits per heavy atom. The van der Waals surface area contributed by atoms with E-state index in [9.17, 15) is 4.79 Å². The molecule has 0 N–H and O–H groups in total. The fourth-order valence-electron chi connectivity index (χ4n) is 4.32. The maximum atomic E-state index is 12.7. The number of hydrogen-bond donors (Lipinski definition) is 0. The van der Waals surface area contributed by atoms with Gasteiger partial charge < -0.3 is 14.4 Å². The SMILES string of the molecule is C=C1c2ccccc2C(=O)N1CC(OCC)OCCCCCCCC/C=C\C/C=C\CCCCC. The number of fused-ring (bicyclic) bond motifs is 1. The summed E-state index contributed by atoms with van der Waals surface area (Å²) in [5.41, 5.74) is 2.34. The minimum Gasteiger partial charge on any atom is -0.351 e. The van der Waals surface area contributed by atoms with E-state index in [-0.39, 0.29) is 5.91 Å². The van der Waals surface area contributed by atoms with Gasteiger partial charge in [0.2, 0.25) is 0 Å². The third-order valence-corrected chi connectivity index (χ3v) is 6.37.